The van der Waals surface area contributed by atoms with Gasteiger partial charge < -0.3 is 4.74 Å². The molecule has 0 heterocycles. The zero-order chi connectivity index (χ0) is 11.0. The van der Waals surface area contributed by atoms with E-state index in [-0.39, 0.29) is 0 Å². The smallest absolute Gasteiger partial charge is 0.164 e. The number of benzene rings is 1. The molecule has 0 N–H and O–H groups in total. The average molecular weight is 216 g/mol. The Kier molecular flexibility index (Phi) is 2.32. The lowest BCUT2D eigenvalue weighted by molar-refractivity contribution is -0.142. The molecule has 0 saturated heterocycles. The largest absolute Gasteiger partial charge is 0.363 e. The molecule has 0 radical (unpaired) electrons. The van der Waals surface area contributed by atoms with Crippen LogP contribution in [0.25, 0.3) is 0 Å². The molecule has 2 nitrogen and oxygen atoms in total. The Labute approximate surface area is 95.6 Å². The highest BCUT2D eigenvalue weighted by atomic mass is 16.5. The van der Waals surface area contributed by atoms with E-state index in [4.69, 9.17) is 4.74 Å². The second kappa shape index (κ2) is 3.70. The lowest BCUT2D eigenvalue weighted by Crippen LogP contribution is -2.35. The highest BCUT2D eigenvalue weighted by Gasteiger charge is 2.52. The Bertz CT molecular complexity index is 398. The topological polar surface area (TPSA) is 26.3 Å². The molecule has 2 aliphatic rings. The van der Waals surface area contributed by atoms with Gasteiger partial charge in [0.2, 0.25) is 0 Å². The van der Waals surface area contributed by atoms with Crippen molar-refractivity contribution in [2.45, 2.75) is 37.9 Å². The number of rotatable bonds is 3. The molecule has 2 saturated carbocycles. The first-order chi connectivity index (χ1) is 7.78. The van der Waals surface area contributed by atoms with Gasteiger partial charge in [0.25, 0.3) is 0 Å². The molecule has 2 unspecified atom stereocenters. The Hall–Kier alpha value is -1.15. The fourth-order valence-electron chi connectivity index (χ4n) is 2.99. The summed E-state index contributed by atoms with van der Waals surface area (Å²) in [5.74, 6) is 0.933. The molecule has 0 aromatic heterocycles. The molecule has 2 fully saturated rings. The highest BCUT2D eigenvalue weighted by Crippen LogP contribution is 2.47. The summed E-state index contributed by atoms with van der Waals surface area (Å²) in [7, 11) is 0. The monoisotopic (exact) mass is 216 g/mol. The van der Waals surface area contributed by atoms with Crippen molar-refractivity contribution in [1.82, 2.24) is 0 Å². The number of hydrogen-bond donors (Lipinski definition) is 0. The molecular formula is C14H16O2. The van der Waals surface area contributed by atoms with E-state index in [0.717, 1.165) is 24.8 Å². The van der Waals surface area contributed by atoms with Crippen LogP contribution < -0.4 is 0 Å². The molecule has 1 aromatic carbocycles. The molecule has 1 aromatic rings. The van der Waals surface area contributed by atoms with E-state index in [1.165, 1.54) is 6.42 Å². The van der Waals surface area contributed by atoms with E-state index in [0.29, 0.717) is 18.3 Å². The summed E-state index contributed by atoms with van der Waals surface area (Å²) in [5, 5.41) is 0. The van der Waals surface area contributed by atoms with Crippen LogP contribution in [0.15, 0.2) is 30.3 Å². The van der Waals surface area contributed by atoms with Gasteiger partial charge in [-0.25, -0.2) is 0 Å². The molecule has 84 valence electrons. The van der Waals surface area contributed by atoms with E-state index in [9.17, 15) is 4.79 Å². The molecule has 0 amide bonds. The first-order valence-corrected chi connectivity index (χ1v) is 6.00. The summed E-state index contributed by atoms with van der Waals surface area (Å²) in [4.78, 5) is 11.9. The van der Waals surface area contributed by atoms with Crippen molar-refractivity contribution < 1.29 is 9.53 Å². The van der Waals surface area contributed by atoms with Crippen molar-refractivity contribution in [2.24, 2.45) is 5.92 Å². The minimum atomic E-state index is -0.416. The Morgan fingerprint density at radius 1 is 1.31 bits per heavy atom. The number of fused-ring (bicyclic) bond motifs is 2. The van der Waals surface area contributed by atoms with Crippen molar-refractivity contribution in [1.29, 1.82) is 0 Å². The third-order valence-corrected chi connectivity index (χ3v) is 3.92. The standard InChI is InChI=1S/C14H16O2/c15-13-8-12-6-7-14(13,9-12)16-10-11-4-2-1-3-5-11/h1-5,12H,6-10H2. The Morgan fingerprint density at radius 3 is 2.75 bits per heavy atom. The zero-order valence-electron chi connectivity index (χ0n) is 9.32. The van der Waals surface area contributed by atoms with E-state index in [1.807, 2.05) is 30.3 Å². The second-order valence-corrected chi connectivity index (χ2v) is 5.00. The van der Waals surface area contributed by atoms with Gasteiger partial charge in [0.05, 0.1) is 6.61 Å². The second-order valence-electron chi connectivity index (χ2n) is 5.00. The van der Waals surface area contributed by atoms with Crippen LogP contribution in [0, 0.1) is 5.92 Å². The van der Waals surface area contributed by atoms with E-state index < -0.39 is 5.60 Å². The number of Topliss-reactive ketones (excluding diaryl/α,β-unsaturated/α-hetero) is 1. The number of carbonyl (C=O) groups excluding carboxylic acids is 1. The Balaban J connectivity index is 1.69. The quantitative estimate of drug-likeness (QED) is 0.776. The van der Waals surface area contributed by atoms with E-state index in [2.05, 4.69) is 0 Å². The van der Waals surface area contributed by atoms with Crippen LogP contribution in [-0.4, -0.2) is 11.4 Å². The van der Waals surface area contributed by atoms with Gasteiger partial charge in [-0.15, -0.1) is 0 Å². The average Bonchev–Trinajstić information content (AvgIpc) is 2.85. The summed E-state index contributed by atoms with van der Waals surface area (Å²) >= 11 is 0. The van der Waals surface area contributed by atoms with Crippen LogP contribution in [0.5, 0.6) is 0 Å². The molecule has 2 heteroatoms. The van der Waals surface area contributed by atoms with Crippen molar-refractivity contribution in [3.63, 3.8) is 0 Å². The van der Waals surface area contributed by atoms with E-state index >= 15 is 0 Å². The predicted molar refractivity (Wildman–Crippen MR) is 60.9 cm³/mol. The van der Waals surface area contributed by atoms with Crippen LogP contribution in [-0.2, 0) is 16.1 Å². The summed E-state index contributed by atoms with van der Waals surface area (Å²) in [6, 6.07) is 10.1. The van der Waals surface area contributed by atoms with Gasteiger partial charge in [0, 0.05) is 6.42 Å². The predicted octanol–water partition coefficient (Wildman–Crippen LogP) is 2.71. The normalized spacial score (nSPS) is 32.2. The van der Waals surface area contributed by atoms with Gasteiger partial charge in [0.15, 0.2) is 5.78 Å². The summed E-state index contributed by atoms with van der Waals surface area (Å²) in [6.45, 7) is 0.569. The van der Waals surface area contributed by atoms with Crippen LogP contribution in [0.2, 0.25) is 0 Å². The van der Waals surface area contributed by atoms with Gasteiger partial charge in [-0.2, -0.15) is 0 Å². The van der Waals surface area contributed by atoms with Gasteiger partial charge in [-0.3, -0.25) is 4.79 Å². The van der Waals surface area contributed by atoms with E-state index in [1.54, 1.807) is 0 Å². The number of ketones is 1. The number of carbonyl (C=O) groups is 1. The lowest BCUT2D eigenvalue weighted by atomic mass is 9.95. The maximum atomic E-state index is 11.9. The first kappa shape index (κ1) is 10.0. The fourth-order valence-corrected chi connectivity index (χ4v) is 2.99. The zero-order valence-corrected chi connectivity index (χ0v) is 9.32. The van der Waals surface area contributed by atoms with Crippen molar-refractivity contribution in [3.05, 3.63) is 35.9 Å². The fraction of sp³-hybridized carbons (Fsp3) is 0.500. The van der Waals surface area contributed by atoms with Crippen LogP contribution in [0.1, 0.15) is 31.2 Å². The lowest BCUT2D eigenvalue weighted by Gasteiger charge is -2.25. The third-order valence-electron chi connectivity index (χ3n) is 3.92. The summed E-state index contributed by atoms with van der Waals surface area (Å²) < 4.78 is 5.93. The molecule has 2 atom stereocenters. The van der Waals surface area contributed by atoms with Crippen LogP contribution in [0.3, 0.4) is 0 Å². The van der Waals surface area contributed by atoms with Gasteiger partial charge in [-0.1, -0.05) is 30.3 Å². The number of hydrogen-bond acceptors (Lipinski definition) is 2. The first-order valence-electron chi connectivity index (χ1n) is 6.00. The molecular weight excluding hydrogens is 200 g/mol. The van der Waals surface area contributed by atoms with Crippen molar-refractivity contribution >= 4 is 5.78 Å². The van der Waals surface area contributed by atoms with Crippen molar-refractivity contribution in [2.75, 3.05) is 0 Å². The molecule has 16 heavy (non-hydrogen) atoms. The van der Waals surface area contributed by atoms with Gasteiger partial charge >= 0.3 is 0 Å². The molecule has 0 spiro atoms. The third kappa shape index (κ3) is 1.57. The molecule has 2 bridgehead atoms. The maximum Gasteiger partial charge on any atom is 0.164 e. The summed E-state index contributed by atoms with van der Waals surface area (Å²) in [6.07, 6.45) is 3.80. The van der Waals surface area contributed by atoms with Crippen LogP contribution in [0.4, 0.5) is 0 Å². The minimum Gasteiger partial charge on any atom is -0.363 e. The minimum absolute atomic E-state index is 0.333. The van der Waals surface area contributed by atoms with Gasteiger partial charge in [0.1, 0.15) is 5.60 Å². The Morgan fingerprint density at radius 2 is 2.12 bits per heavy atom. The van der Waals surface area contributed by atoms with Gasteiger partial charge in [-0.05, 0) is 30.7 Å². The van der Waals surface area contributed by atoms with Crippen molar-refractivity contribution in [3.8, 4) is 0 Å². The summed E-state index contributed by atoms with van der Waals surface area (Å²) in [5.41, 5.74) is 0.737. The number of ether oxygens (including phenoxy) is 1. The van der Waals surface area contributed by atoms with Crippen LogP contribution >= 0.6 is 0 Å². The highest BCUT2D eigenvalue weighted by molar-refractivity contribution is 5.90. The molecule has 3 rings (SSSR count). The SMILES string of the molecule is O=C1CC2CCC1(OCc1ccccc1)C2. The maximum absolute atomic E-state index is 11.9. The molecule has 2 aliphatic carbocycles. The molecule has 0 aliphatic heterocycles.